The summed E-state index contributed by atoms with van der Waals surface area (Å²) < 4.78 is 20.3. The first kappa shape index (κ1) is 15.3. The van der Waals surface area contributed by atoms with Crippen LogP contribution in [0.2, 0.25) is 0 Å². The van der Waals surface area contributed by atoms with E-state index in [0.717, 1.165) is 33.3 Å². The number of halogens is 1. The van der Waals surface area contributed by atoms with Gasteiger partial charge in [0.1, 0.15) is 17.3 Å². The quantitative estimate of drug-likeness (QED) is 0.556. The third kappa shape index (κ3) is 2.74. The summed E-state index contributed by atoms with van der Waals surface area (Å²) in [5, 5.41) is 6.71. The maximum Gasteiger partial charge on any atom is 0.141 e. The fraction of sp³-hybridized carbons (Fsp3) is 0.100. The molecule has 0 N–H and O–H groups in total. The van der Waals surface area contributed by atoms with E-state index in [0.29, 0.717) is 5.69 Å². The first-order valence-electron chi connectivity index (χ1n) is 7.88. The highest BCUT2D eigenvalue weighted by molar-refractivity contribution is 5.99. The molecule has 0 bridgehead atoms. The van der Waals surface area contributed by atoms with E-state index in [1.807, 2.05) is 43.6 Å². The number of nitrogens with zero attached hydrogens (tertiary/aromatic N) is 3. The van der Waals surface area contributed by atoms with Gasteiger partial charge in [-0.1, -0.05) is 24.3 Å². The van der Waals surface area contributed by atoms with E-state index in [1.165, 1.54) is 12.3 Å². The second-order valence-corrected chi connectivity index (χ2v) is 5.82. The van der Waals surface area contributed by atoms with E-state index in [1.54, 1.807) is 17.9 Å². The molecule has 0 radical (unpaired) electrons. The van der Waals surface area contributed by atoms with Gasteiger partial charge in [0, 0.05) is 18.8 Å². The number of aromatic nitrogens is 3. The highest BCUT2D eigenvalue weighted by Crippen LogP contribution is 2.35. The molecule has 2 aromatic heterocycles. The molecule has 25 heavy (non-hydrogen) atoms. The fourth-order valence-electron chi connectivity index (χ4n) is 3.01. The van der Waals surface area contributed by atoms with Gasteiger partial charge in [-0.05, 0) is 40.6 Å². The van der Waals surface area contributed by atoms with Crippen LogP contribution in [-0.2, 0) is 7.05 Å². The van der Waals surface area contributed by atoms with Crippen LogP contribution in [0, 0.1) is 5.82 Å². The zero-order valence-corrected chi connectivity index (χ0v) is 13.9. The summed E-state index contributed by atoms with van der Waals surface area (Å²) in [6.45, 7) is 0. The van der Waals surface area contributed by atoms with Crippen molar-refractivity contribution in [1.82, 2.24) is 14.8 Å². The lowest BCUT2D eigenvalue weighted by Crippen LogP contribution is -1.90. The van der Waals surface area contributed by atoms with Crippen molar-refractivity contribution >= 4 is 10.8 Å². The van der Waals surface area contributed by atoms with Gasteiger partial charge < -0.3 is 4.74 Å². The Bertz CT molecular complexity index is 1050. The van der Waals surface area contributed by atoms with Crippen molar-refractivity contribution in [3.05, 3.63) is 66.7 Å². The molecule has 0 aliphatic carbocycles. The number of methoxy groups -OCH3 is 1. The average Bonchev–Trinajstić information content (AvgIpc) is 3.03. The Morgan fingerprint density at radius 2 is 1.92 bits per heavy atom. The number of benzene rings is 2. The second-order valence-electron chi connectivity index (χ2n) is 5.82. The highest BCUT2D eigenvalue weighted by atomic mass is 19.1. The Hall–Kier alpha value is -3.21. The van der Waals surface area contributed by atoms with Crippen LogP contribution in [0.4, 0.5) is 4.39 Å². The summed E-state index contributed by atoms with van der Waals surface area (Å²) >= 11 is 0. The molecule has 4 rings (SSSR count). The molecular weight excluding hydrogens is 317 g/mol. The van der Waals surface area contributed by atoms with Gasteiger partial charge in [0.25, 0.3) is 0 Å². The molecule has 2 heterocycles. The predicted molar refractivity (Wildman–Crippen MR) is 95.9 cm³/mol. The largest absolute Gasteiger partial charge is 0.497 e. The van der Waals surface area contributed by atoms with Crippen molar-refractivity contribution in [2.45, 2.75) is 0 Å². The van der Waals surface area contributed by atoms with Gasteiger partial charge in [-0.2, -0.15) is 5.10 Å². The molecule has 0 aliphatic rings. The molecule has 0 unspecified atom stereocenters. The number of fused-ring (bicyclic) bond motifs is 1. The summed E-state index contributed by atoms with van der Waals surface area (Å²) in [6, 6.07) is 15.1. The summed E-state index contributed by atoms with van der Waals surface area (Å²) in [5.41, 5.74) is 3.38. The van der Waals surface area contributed by atoms with Crippen LogP contribution >= 0.6 is 0 Å². The number of ether oxygens (including phenoxy) is 1. The molecule has 124 valence electrons. The Morgan fingerprint density at radius 3 is 2.68 bits per heavy atom. The standard InChI is InChI=1S/C20H16FN3O/c1-24-12-18(20(23-24)19-9-6-14(21)11-22-19)17-5-3-4-13-10-15(25-2)7-8-16(13)17/h3-12H,1-2H3. The first-order valence-corrected chi connectivity index (χ1v) is 7.88. The van der Waals surface area contributed by atoms with Crippen LogP contribution < -0.4 is 4.74 Å². The van der Waals surface area contributed by atoms with Crippen molar-refractivity contribution in [3.63, 3.8) is 0 Å². The smallest absolute Gasteiger partial charge is 0.141 e. The van der Waals surface area contributed by atoms with Gasteiger partial charge in [0.05, 0.1) is 19.0 Å². The summed E-state index contributed by atoms with van der Waals surface area (Å²) in [7, 11) is 3.52. The van der Waals surface area contributed by atoms with Crippen molar-refractivity contribution in [2.75, 3.05) is 7.11 Å². The van der Waals surface area contributed by atoms with E-state index in [4.69, 9.17) is 4.74 Å². The Labute approximate surface area is 144 Å². The molecule has 0 saturated heterocycles. The van der Waals surface area contributed by atoms with E-state index in [9.17, 15) is 4.39 Å². The molecule has 0 amide bonds. The molecule has 4 aromatic rings. The van der Waals surface area contributed by atoms with Crippen LogP contribution in [0.15, 0.2) is 60.9 Å². The summed E-state index contributed by atoms with van der Waals surface area (Å²) in [4.78, 5) is 4.18. The van der Waals surface area contributed by atoms with Gasteiger partial charge in [0.2, 0.25) is 0 Å². The number of pyridine rings is 1. The van der Waals surface area contributed by atoms with E-state index in [2.05, 4.69) is 16.1 Å². The van der Waals surface area contributed by atoms with Crippen LogP contribution in [0.5, 0.6) is 5.75 Å². The van der Waals surface area contributed by atoms with Gasteiger partial charge in [-0.3, -0.25) is 9.67 Å². The number of rotatable bonds is 3. The second kappa shape index (κ2) is 6.02. The first-order chi connectivity index (χ1) is 12.2. The maximum atomic E-state index is 13.2. The highest BCUT2D eigenvalue weighted by Gasteiger charge is 2.15. The lowest BCUT2D eigenvalue weighted by Gasteiger charge is -2.08. The van der Waals surface area contributed by atoms with Crippen LogP contribution in [0.25, 0.3) is 33.3 Å². The third-order valence-electron chi connectivity index (χ3n) is 4.18. The SMILES string of the molecule is COc1ccc2c(-c3cn(C)nc3-c3ccc(F)cn3)cccc2c1. The fourth-order valence-corrected chi connectivity index (χ4v) is 3.01. The molecule has 0 atom stereocenters. The van der Waals surface area contributed by atoms with Crippen LogP contribution in [0.1, 0.15) is 0 Å². The number of hydrogen-bond acceptors (Lipinski definition) is 3. The van der Waals surface area contributed by atoms with Gasteiger partial charge in [0.15, 0.2) is 0 Å². The van der Waals surface area contributed by atoms with Crippen molar-refractivity contribution in [3.8, 4) is 28.3 Å². The molecule has 4 nitrogen and oxygen atoms in total. The third-order valence-corrected chi connectivity index (χ3v) is 4.18. The Balaban J connectivity index is 1.94. The zero-order valence-electron chi connectivity index (χ0n) is 13.9. The molecule has 0 aliphatic heterocycles. The minimum atomic E-state index is -0.363. The molecule has 2 aromatic carbocycles. The molecular formula is C20H16FN3O. The van der Waals surface area contributed by atoms with Crippen molar-refractivity contribution < 1.29 is 9.13 Å². The van der Waals surface area contributed by atoms with E-state index < -0.39 is 0 Å². The van der Waals surface area contributed by atoms with E-state index in [-0.39, 0.29) is 5.82 Å². The molecule has 0 spiro atoms. The minimum absolute atomic E-state index is 0.363. The Kier molecular flexibility index (Phi) is 3.69. The van der Waals surface area contributed by atoms with Crippen LogP contribution in [0.3, 0.4) is 0 Å². The van der Waals surface area contributed by atoms with E-state index >= 15 is 0 Å². The average molecular weight is 333 g/mol. The monoisotopic (exact) mass is 333 g/mol. The molecule has 5 heteroatoms. The lowest BCUT2D eigenvalue weighted by atomic mass is 9.97. The maximum absolute atomic E-state index is 13.2. The number of hydrogen-bond donors (Lipinski definition) is 0. The topological polar surface area (TPSA) is 39.9 Å². The lowest BCUT2D eigenvalue weighted by molar-refractivity contribution is 0.415. The van der Waals surface area contributed by atoms with Crippen LogP contribution in [-0.4, -0.2) is 21.9 Å². The van der Waals surface area contributed by atoms with Gasteiger partial charge in [-0.25, -0.2) is 4.39 Å². The summed E-state index contributed by atoms with van der Waals surface area (Å²) in [5.74, 6) is 0.453. The van der Waals surface area contributed by atoms with Crippen molar-refractivity contribution in [1.29, 1.82) is 0 Å². The molecule has 0 fully saturated rings. The predicted octanol–water partition coefficient (Wildman–Crippen LogP) is 4.45. The van der Waals surface area contributed by atoms with Gasteiger partial charge >= 0.3 is 0 Å². The van der Waals surface area contributed by atoms with Crippen molar-refractivity contribution in [2.24, 2.45) is 7.05 Å². The van der Waals surface area contributed by atoms with Gasteiger partial charge in [-0.15, -0.1) is 0 Å². The zero-order chi connectivity index (χ0) is 17.4. The Morgan fingerprint density at radius 1 is 1.04 bits per heavy atom. The molecule has 0 saturated carbocycles. The number of aryl methyl sites for hydroxylation is 1. The summed E-state index contributed by atoms with van der Waals surface area (Å²) in [6.07, 6.45) is 3.17. The minimum Gasteiger partial charge on any atom is -0.497 e. The normalized spacial score (nSPS) is 11.0.